The summed E-state index contributed by atoms with van der Waals surface area (Å²) >= 11 is 0. The molecule has 2 aromatic rings. The Morgan fingerprint density at radius 1 is 1.28 bits per heavy atom. The van der Waals surface area contributed by atoms with Gasteiger partial charge in [-0.15, -0.1) is 12.4 Å². The number of halogens is 1. The van der Waals surface area contributed by atoms with Crippen LogP contribution in [-0.4, -0.2) is 28.3 Å². The number of hydrogen-bond acceptors (Lipinski definition) is 3. The molecule has 0 aliphatic rings. The lowest BCUT2D eigenvalue weighted by atomic mass is 10.1. The summed E-state index contributed by atoms with van der Waals surface area (Å²) in [6, 6.07) is 10.0. The van der Waals surface area contributed by atoms with E-state index in [2.05, 4.69) is 17.3 Å². The van der Waals surface area contributed by atoms with E-state index < -0.39 is 0 Å². The third-order valence-corrected chi connectivity index (χ3v) is 4.34. The lowest BCUT2D eigenvalue weighted by Crippen LogP contribution is -2.41. The molecule has 0 fully saturated rings. The number of carbonyl (C=O) groups is 1. The first-order valence-electron chi connectivity index (χ1n) is 8.66. The number of unbranched alkanes of at least 4 members (excludes halogenated alkanes) is 1. The maximum absolute atomic E-state index is 12.4. The van der Waals surface area contributed by atoms with E-state index in [1.807, 2.05) is 48.9 Å². The minimum absolute atomic E-state index is 0. The summed E-state index contributed by atoms with van der Waals surface area (Å²) in [5.41, 5.74) is 9.66. The maximum Gasteiger partial charge on any atom is 0.224 e. The molecule has 3 N–H and O–H groups in total. The van der Waals surface area contributed by atoms with Gasteiger partial charge >= 0.3 is 0 Å². The van der Waals surface area contributed by atoms with Gasteiger partial charge < -0.3 is 11.1 Å². The highest BCUT2D eigenvalue weighted by Crippen LogP contribution is 2.18. The highest BCUT2D eigenvalue weighted by molar-refractivity contribution is 5.85. The van der Waals surface area contributed by atoms with Crippen LogP contribution in [0.2, 0.25) is 0 Å². The number of nitrogens with one attached hydrogen (secondary N) is 1. The summed E-state index contributed by atoms with van der Waals surface area (Å²) in [6.45, 7) is 6.58. The van der Waals surface area contributed by atoms with Crippen LogP contribution in [0, 0.1) is 13.8 Å². The van der Waals surface area contributed by atoms with E-state index in [0.29, 0.717) is 13.0 Å². The molecule has 2 rings (SSSR count). The Morgan fingerprint density at radius 3 is 2.56 bits per heavy atom. The molecule has 1 unspecified atom stereocenters. The molecular formula is C19H29ClN4O. The van der Waals surface area contributed by atoms with Gasteiger partial charge in [0, 0.05) is 23.8 Å². The molecule has 1 aromatic carbocycles. The standard InChI is InChI=1S/C19H28N4O.ClH/c1-4-5-9-16(13-20)21-19(24)12-18-14(2)22-23(15(18)3)17-10-7-6-8-11-17;/h6-8,10-11,16H,4-5,9,12-13,20H2,1-3H3,(H,21,24);1H. The number of para-hydroxylation sites is 1. The topological polar surface area (TPSA) is 72.9 Å². The summed E-state index contributed by atoms with van der Waals surface area (Å²) in [4.78, 5) is 12.4. The van der Waals surface area contributed by atoms with Gasteiger partial charge in [0.25, 0.3) is 0 Å². The van der Waals surface area contributed by atoms with Crippen LogP contribution in [0.4, 0.5) is 0 Å². The quantitative estimate of drug-likeness (QED) is 0.756. The molecule has 0 spiro atoms. The van der Waals surface area contributed by atoms with E-state index in [0.717, 1.165) is 41.9 Å². The van der Waals surface area contributed by atoms with Crippen LogP contribution in [-0.2, 0) is 11.2 Å². The van der Waals surface area contributed by atoms with E-state index in [1.54, 1.807) is 0 Å². The van der Waals surface area contributed by atoms with Crippen molar-refractivity contribution in [2.45, 2.75) is 52.5 Å². The Labute approximate surface area is 156 Å². The zero-order valence-electron chi connectivity index (χ0n) is 15.3. The number of rotatable bonds is 8. The predicted molar refractivity (Wildman–Crippen MR) is 105 cm³/mol. The summed E-state index contributed by atoms with van der Waals surface area (Å²) in [7, 11) is 0. The number of benzene rings is 1. The fourth-order valence-corrected chi connectivity index (χ4v) is 2.89. The molecule has 5 nitrogen and oxygen atoms in total. The zero-order valence-corrected chi connectivity index (χ0v) is 16.1. The first-order chi connectivity index (χ1) is 11.6. The van der Waals surface area contributed by atoms with Crippen molar-refractivity contribution < 1.29 is 4.79 Å². The second-order valence-corrected chi connectivity index (χ2v) is 6.22. The molecular weight excluding hydrogens is 336 g/mol. The molecule has 6 heteroatoms. The van der Waals surface area contributed by atoms with Crippen molar-refractivity contribution in [3.8, 4) is 5.69 Å². The van der Waals surface area contributed by atoms with Crippen LogP contribution in [0.1, 0.15) is 43.1 Å². The molecule has 0 saturated heterocycles. The third-order valence-electron chi connectivity index (χ3n) is 4.34. The normalized spacial score (nSPS) is 11.7. The Balaban J connectivity index is 0.00000312. The lowest BCUT2D eigenvalue weighted by Gasteiger charge is -2.16. The first-order valence-corrected chi connectivity index (χ1v) is 8.66. The van der Waals surface area contributed by atoms with Gasteiger partial charge in [-0.2, -0.15) is 5.10 Å². The monoisotopic (exact) mass is 364 g/mol. The number of nitrogens with two attached hydrogens (primary N) is 1. The molecule has 1 amide bonds. The van der Waals surface area contributed by atoms with Crippen molar-refractivity contribution in [2.24, 2.45) is 5.73 Å². The molecule has 0 radical (unpaired) electrons. The summed E-state index contributed by atoms with van der Waals surface area (Å²) in [5.74, 6) is 0.0142. The average Bonchev–Trinajstić information content (AvgIpc) is 2.87. The van der Waals surface area contributed by atoms with Crippen molar-refractivity contribution >= 4 is 18.3 Å². The van der Waals surface area contributed by atoms with Gasteiger partial charge in [-0.3, -0.25) is 4.79 Å². The third kappa shape index (κ3) is 5.58. The van der Waals surface area contributed by atoms with Gasteiger partial charge in [-0.05, 0) is 32.4 Å². The molecule has 25 heavy (non-hydrogen) atoms. The van der Waals surface area contributed by atoms with E-state index >= 15 is 0 Å². The molecule has 1 heterocycles. The largest absolute Gasteiger partial charge is 0.352 e. The Morgan fingerprint density at radius 2 is 1.96 bits per heavy atom. The second kappa shape index (κ2) is 10.2. The van der Waals surface area contributed by atoms with E-state index in [4.69, 9.17) is 5.73 Å². The SMILES string of the molecule is CCCCC(CN)NC(=O)Cc1c(C)nn(-c2ccccc2)c1C.Cl. The fraction of sp³-hybridized carbons (Fsp3) is 0.474. The van der Waals surface area contributed by atoms with Gasteiger partial charge in [-0.25, -0.2) is 4.68 Å². The van der Waals surface area contributed by atoms with Crippen LogP contribution in [0.3, 0.4) is 0 Å². The number of nitrogens with zero attached hydrogens (tertiary/aromatic N) is 2. The number of aryl methyl sites for hydroxylation is 1. The minimum Gasteiger partial charge on any atom is -0.352 e. The Bertz CT molecular complexity index is 670. The Kier molecular flexibility index (Phi) is 8.66. The lowest BCUT2D eigenvalue weighted by molar-refractivity contribution is -0.121. The first kappa shape index (κ1) is 21.2. The smallest absolute Gasteiger partial charge is 0.224 e. The van der Waals surface area contributed by atoms with Crippen LogP contribution in [0.15, 0.2) is 30.3 Å². The minimum atomic E-state index is 0. The maximum atomic E-state index is 12.4. The van der Waals surface area contributed by atoms with E-state index in [1.165, 1.54) is 0 Å². The van der Waals surface area contributed by atoms with Gasteiger partial charge in [0.2, 0.25) is 5.91 Å². The van der Waals surface area contributed by atoms with Crippen molar-refractivity contribution in [1.82, 2.24) is 15.1 Å². The summed E-state index contributed by atoms with van der Waals surface area (Å²) in [6.07, 6.45) is 3.45. The predicted octanol–water partition coefficient (Wildman–Crippen LogP) is 3.09. The van der Waals surface area contributed by atoms with Crippen LogP contribution in [0.25, 0.3) is 5.69 Å². The van der Waals surface area contributed by atoms with E-state index in [9.17, 15) is 4.79 Å². The molecule has 0 aliphatic heterocycles. The second-order valence-electron chi connectivity index (χ2n) is 6.22. The van der Waals surface area contributed by atoms with Crippen LogP contribution in [0.5, 0.6) is 0 Å². The van der Waals surface area contributed by atoms with Gasteiger partial charge in [-0.1, -0.05) is 38.0 Å². The van der Waals surface area contributed by atoms with Crippen LogP contribution < -0.4 is 11.1 Å². The van der Waals surface area contributed by atoms with Crippen molar-refractivity contribution in [3.63, 3.8) is 0 Å². The number of amides is 1. The molecule has 0 bridgehead atoms. The van der Waals surface area contributed by atoms with E-state index in [-0.39, 0.29) is 24.4 Å². The number of aromatic nitrogens is 2. The zero-order chi connectivity index (χ0) is 17.5. The molecule has 1 aromatic heterocycles. The fourth-order valence-electron chi connectivity index (χ4n) is 2.89. The number of hydrogen-bond donors (Lipinski definition) is 2. The average molecular weight is 365 g/mol. The molecule has 0 aliphatic carbocycles. The highest BCUT2D eigenvalue weighted by atomic mass is 35.5. The highest BCUT2D eigenvalue weighted by Gasteiger charge is 2.17. The molecule has 1 atom stereocenters. The van der Waals surface area contributed by atoms with Gasteiger partial charge in [0.1, 0.15) is 0 Å². The van der Waals surface area contributed by atoms with Gasteiger partial charge in [0.05, 0.1) is 17.8 Å². The van der Waals surface area contributed by atoms with Crippen molar-refractivity contribution in [3.05, 3.63) is 47.3 Å². The van der Waals surface area contributed by atoms with Gasteiger partial charge in [0.15, 0.2) is 0 Å². The van der Waals surface area contributed by atoms with Crippen LogP contribution >= 0.6 is 12.4 Å². The summed E-state index contributed by atoms with van der Waals surface area (Å²) < 4.78 is 1.90. The number of carbonyl (C=O) groups excluding carboxylic acids is 1. The Hall–Kier alpha value is -1.85. The van der Waals surface area contributed by atoms with Crippen molar-refractivity contribution in [1.29, 1.82) is 0 Å². The summed E-state index contributed by atoms with van der Waals surface area (Å²) in [5, 5.41) is 7.65. The van der Waals surface area contributed by atoms with Crippen molar-refractivity contribution in [2.75, 3.05) is 6.54 Å². The molecule has 0 saturated carbocycles. The molecule has 138 valence electrons.